The second kappa shape index (κ2) is 6.17. The van der Waals surface area contributed by atoms with Crippen LogP contribution in [0, 0.1) is 24.2 Å². The monoisotopic (exact) mass is 306 g/mol. The number of rotatable bonds is 6. The van der Waals surface area contributed by atoms with Crippen LogP contribution in [0.25, 0.3) is 0 Å². The number of sulfonamides is 1. The number of hydrogen-bond acceptors (Lipinski definition) is 3. The zero-order valence-corrected chi connectivity index (χ0v) is 13.7. The van der Waals surface area contributed by atoms with Gasteiger partial charge in [0.15, 0.2) is 0 Å². The van der Waals surface area contributed by atoms with Gasteiger partial charge in [0.25, 0.3) is 0 Å². The summed E-state index contributed by atoms with van der Waals surface area (Å²) in [7, 11) is -3.46. The van der Waals surface area contributed by atoms with Crippen LogP contribution in [0.4, 0.5) is 0 Å². The van der Waals surface area contributed by atoms with Crippen LogP contribution in [0.5, 0.6) is 0 Å². The summed E-state index contributed by atoms with van der Waals surface area (Å²) < 4.78 is 27.3. The quantitative estimate of drug-likeness (QED) is 0.811. The van der Waals surface area contributed by atoms with Gasteiger partial charge in [-0.25, -0.2) is 8.42 Å². The van der Waals surface area contributed by atoms with Gasteiger partial charge in [0.05, 0.1) is 16.5 Å². The summed E-state index contributed by atoms with van der Waals surface area (Å²) in [4.78, 5) is 0.301. The molecule has 0 radical (unpaired) electrons. The van der Waals surface area contributed by atoms with Crippen molar-refractivity contribution in [3.05, 3.63) is 29.3 Å². The third kappa shape index (κ3) is 3.63. The fourth-order valence-electron chi connectivity index (χ4n) is 2.30. The molecule has 1 aliphatic rings. The minimum atomic E-state index is -3.46. The van der Waals surface area contributed by atoms with Crippen molar-refractivity contribution >= 4 is 10.0 Å². The lowest BCUT2D eigenvalue weighted by Gasteiger charge is -2.23. The lowest BCUT2D eigenvalue weighted by Crippen LogP contribution is -2.34. The van der Waals surface area contributed by atoms with Crippen molar-refractivity contribution in [3.8, 4) is 6.07 Å². The molecule has 0 spiro atoms. The van der Waals surface area contributed by atoms with Gasteiger partial charge in [0.1, 0.15) is 0 Å². The molecule has 0 N–H and O–H groups in total. The number of aryl methyl sites for hydroxylation is 1. The third-order valence-electron chi connectivity index (χ3n) is 3.81. The van der Waals surface area contributed by atoms with Gasteiger partial charge >= 0.3 is 0 Å². The Morgan fingerprint density at radius 1 is 1.38 bits per heavy atom. The molecule has 0 heterocycles. The Kier molecular flexibility index (Phi) is 4.70. The molecule has 0 aliphatic heterocycles. The van der Waals surface area contributed by atoms with Crippen LogP contribution in [-0.4, -0.2) is 25.3 Å². The predicted molar refractivity (Wildman–Crippen MR) is 82.3 cm³/mol. The summed E-state index contributed by atoms with van der Waals surface area (Å²) >= 11 is 0. The van der Waals surface area contributed by atoms with Crippen molar-refractivity contribution < 1.29 is 8.42 Å². The van der Waals surface area contributed by atoms with Gasteiger partial charge in [-0.1, -0.05) is 13.8 Å². The van der Waals surface area contributed by atoms with Gasteiger partial charge in [0, 0.05) is 12.6 Å². The molecule has 1 aliphatic carbocycles. The van der Waals surface area contributed by atoms with E-state index >= 15 is 0 Å². The molecule has 4 nitrogen and oxygen atoms in total. The molecule has 1 fully saturated rings. The van der Waals surface area contributed by atoms with Gasteiger partial charge in [-0.15, -0.1) is 0 Å². The van der Waals surface area contributed by atoms with Gasteiger partial charge in [-0.2, -0.15) is 9.57 Å². The molecular weight excluding hydrogens is 284 g/mol. The molecule has 1 saturated carbocycles. The van der Waals surface area contributed by atoms with Crippen LogP contribution in [0.3, 0.4) is 0 Å². The average molecular weight is 306 g/mol. The second-order valence-corrected chi connectivity index (χ2v) is 8.01. The Morgan fingerprint density at radius 2 is 2.05 bits per heavy atom. The Morgan fingerprint density at radius 3 is 2.52 bits per heavy atom. The first-order valence-corrected chi connectivity index (χ1v) is 8.83. The molecule has 1 aromatic rings. The van der Waals surface area contributed by atoms with Crippen LogP contribution < -0.4 is 0 Å². The highest BCUT2D eigenvalue weighted by Gasteiger charge is 2.37. The molecule has 0 aromatic heterocycles. The van der Waals surface area contributed by atoms with Gasteiger partial charge in [0.2, 0.25) is 10.0 Å². The molecule has 0 saturated heterocycles. The highest BCUT2D eigenvalue weighted by atomic mass is 32.2. The molecule has 0 bridgehead atoms. The zero-order chi connectivity index (χ0) is 15.6. The molecule has 0 unspecified atom stereocenters. The number of benzene rings is 1. The van der Waals surface area contributed by atoms with Crippen molar-refractivity contribution in [2.45, 2.75) is 51.0 Å². The predicted octanol–water partition coefficient (Wildman–Crippen LogP) is 3.07. The summed E-state index contributed by atoms with van der Waals surface area (Å²) in [6.45, 7) is 6.55. The number of nitriles is 1. The van der Waals surface area contributed by atoms with Gasteiger partial charge in [-0.05, 0) is 55.9 Å². The molecule has 5 heteroatoms. The highest BCUT2D eigenvalue weighted by Crippen LogP contribution is 2.33. The SMILES string of the molecule is Cc1cc(S(=O)(=O)N(CCC(C)C)C2CC2)ccc1C#N. The lowest BCUT2D eigenvalue weighted by molar-refractivity contribution is 0.373. The zero-order valence-electron chi connectivity index (χ0n) is 12.8. The molecule has 114 valence electrons. The average Bonchev–Trinajstić information content (AvgIpc) is 3.22. The van der Waals surface area contributed by atoms with E-state index in [9.17, 15) is 8.42 Å². The largest absolute Gasteiger partial charge is 0.243 e. The maximum Gasteiger partial charge on any atom is 0.243 e. The van der Waals surface area contributed by atoms with Crippen molar-refractivity contribution in [1.82, 2.24) is 4.31 Å². The van der Waals surface area contributed by atoms with Gasteiger partial charge < -0.3 is 0 Å². The van der Waals surface area contributed by atoms with Crippen LogP contribution >= 0.6 is 0 Å². The summed E-state index contributed by atoms with van der Waals surface area (Å²) in [6, 6.07) is 6.98. The van der Waals surface area contributed by atoms with Crippen molar-refractivity contribution in [1.29, 1.82) is 5.26 Å². The van der Waals surface area contributed by atoms with Crippen LogP contribution in [0.1, 0.15) is 44.2 Å². The topological polar surface area (TPSA) is 61.2 Å². The van der Waals surface area contributed by atoms with E-state index in [1.54, 1.807) is 29.4 Å². The van der Waals surface area contributed by atoms with Crippen molar-refractivity contribution in [3.63, 3.8) is 0 Å². The normalized spacial score (nSPS) is 15.4. The van der Waals surface area contributed by atoms with E-state index < -0.39 is 10.0 Å². The second-order valence-electron chi connectivity index (χ2n) is 6.12. The van der Waals surface area contributed by atoms with E-state index in [4.69, 9.17) is 5.26 Å². The molecule has 0 atom stereocenters. The van der Waals surface area contributed by atoms with Gasteiger partial charge in [-0.3, -0.25) is 0 Å². The molecule has 0 amide bonds. The highest BCUT2D eigenvalue weighted by molar-refractivity contribution is 7.89. The number of nitrogens with zero attached hydrogens (tertiary/aromatic N) is 2. The summed E-state index contributed by atoms with van der Waals surface area (Å²) in [6.07, 6.45) is 2.77. The molecule has 2 rings (SSSR count). The van der Waals surface area contributed by atoms with Crippen molar-refractivity contribution in [2.24, 2.45) is 5.92 Å². The Bertz CT molecular complexity index is 655. The van der Waals surface area contributed by atoms with E-state index in [0.29, 0.717) is 28.5 Å². The Hall–Kier alpha value is -1.38. The molecular formula is C16H22N2O2S. The van der Waals surface area contributed by atoms with E-state index in [1.807, 2.05) is 0 Å². The van der Waals surface area contributed by atoms with E-state index in [-0.39, 0.29) is 6.04 Å². The fraction of sp³-hybridized carbons (Fsp3) is 0.562. The molecule has 1 aromatic carbocycles. The Balaban J connectivity index is 2.30. The minimum absolute atomic E-state index is 0.157. The van der Waals surface area contributed by atoms with E-state index in [0.717, 1.165) is 19.3 Å². The van der Waals surface area contributed by atoms with Crippen LogP contribution in [0.15, 0.2) is 23.1 Å². The first-order valence-electron chi connectivity index (χ1n) is 7.39. The lowest BCUT2D eigenvalue weighted by atomic mass is 10.1. The minimum Gasteiger partial charge on any atom is -0.207 e. The van der Waals surface area contributed by atoms with Crippen LogP contribution in [0.2, 0.25) is 0 Å². The standard InChI is InChI=1S/C16H22N2O2S/c1-12(2)8-9-18(15-5-6-15)21(19,20)16-7-4-14(11-17)13(3)10-16/h4,7,10,12,15H,5-6,8-9H2,1-3H3. The summed E-state index contributed by atoms with van der Waals surface area (Å²) in [5, 5.41) is 8.95. The summed E-state index contributed by atoms with van der Waals surface area (Å²) in [5.74, 6) is 0.476. The number of hydrogen-bond donors (Lipinski definition) is 0. The van der Waals surface area contributed by atoms with E-state index in [1.165, 1.54) is 0 Å². The first-order chi connectivity index (χ1) is 9.86. The third-order valence-corrected chi connectivity index (χ3v) is 5.75. The summed E-state index contributed by atoms with van der Waals surface area (Å²) in [5.41, 5.74) is 1.23. The fourth-order valence-corrected chi connectivity index (χ4v) is 4.09. The maximum absolute atomic E-state index is 12.8. The van der Waals surface area contributed by atoms with Crippen molar-refractivity contribution in [2.75, 3.05) is 6.54 Å². The molecule has 21 heavy (non-hydrogen) atoms. The van der Waals surface area contributed by atoms with E-state index in [2.05, 4.69) is 19.9 Å². The first kappa shape index (κ1) is 16.0. The maximum atomic E-state index is 12.8. The Labute approximate surface area is 127 Å². The van der Waals surface area contributed by atoms with Crippen LogP contribution in [-0.2, 0) is 10.0 Å². The smallest absolute Gasteiger partial charge is 0.207 e.